The molecule has 0 bridgehead atoms. The van der Waals surface area contributed by atoms with Gasteiger partial charge in [-0.15, -0.1) is 0 Å². The molecule has 13 heavy (non-hydrogen) atoms. The Balaban J connectivity index is 4.75. The van der Waals surface area contributed by atoms with E-state index in [2.05, 4.69) is 11.8 Å². The Morgan fingerprint density at radius 3 is 2.15 bits per heavy atom. The van der Waals surface area contributed by atoms with Crippen LogP contribution in [0.1, 0.15) is 20.8 Å². The number of nitrogens with zero attached hydrogens (tertiary/aromatic N) is 1. The molecule has 0 saturated carbocycles. The van der Waals surface area contributed by atoms with Crippen LogP contribution in [0.2, 0.25) is 0 Å². The van der Waals surface area contributed by atoms with E-state index in [1.165, 1.54) is 27.8 Å². The van der Waals surface area contributed by atoms with Gasteiger partial charge in [-0.05, 0) is 26.7 Å². The first kappa shape index (κ1) is 11.5. The van der Waals surface area contributed by atoms with Gasteiger partial charge < -0.3 is 10.0 Å². The topological polar surface area (TPSA) is 57.6 Å². The zero-order chi connectivity index (χ0) is 10.6. The maximum absolute atomic E-state index is 11.2. The van der Waals surface area contributed by atoms with Gasteiger partial charge in [-0.3, -0.25) is 4.79 Å². The molecule has 0 heterocycles. The van der Waals surface area contributed by atoms with Gasteiger partial charge in [-0.2, -0.15) is 0 Å². The fourth-order valence-corrected chi connectivity index (χ4v) is 0.588. The molecule has 4 heteroatoms. The monoisotopic (exact) mass is 183 g/mol. The Kier molecular flexibility index (Phi) is 3.49. The summed E-state index contributed by atoms with van der Waals surface area (Å²) in [5.74, 6) is 3.16. The van der Waals surface area contributed by atoms with Crippen LogP contribution in [0, 0.1) is 11.8 Å². The minimum absolute atomic E-state index is 0.491. The summed E-state index contributed by atoms with van der Waals surface area (Å²) in [6.07, 6.45) is 0. The van der Waals surface area contributed by atoms with Gasteiger partial charge in [0, 0.05) is 7.05 Å². The van der Waals surface area contributed by atoms with Crippen molar-refractivity contribution < 1.29 is 14.7 Å². The molecule has 0 aliphatic carbocycles. The minimum Gasteiger partial charge on any atom is -0.480 e. The van der Waals surface area contributed by atoms with Gasteiger partial charge in [0.1, 0.15) is 5.54 Å². The third-order valence-corrected chi connectivity index (χ3v) is 1.90. The number of carboxylic acids is 1. The van der Waals surface area contributed by atoms with Crippen molar-refractivity contribution in [2.45, 2.75) is 26.3 Å². The van der Waals surface area contributed by atoms with Crippen molar-refractivity contribution in [3.63, 3.8) is 0 Å². The van der Waals surface area contributed by atoms with Gasteiger partial charge in [-0.1, -0.05) is 5.92 Å². The number of rotatable bonds is 2. The Hall–Kier alpha value is -1.50. The van der Waals surface area contributed by atoms with Crippen molar-refractivity contribution in [3.05, 3.63) is 0 Å². The maximum atomic E-state index is 11.2. The molecule has 0 radical (unpaired) electrons. The molecule has 0 atom stereocenters. The summed E-state index contributed by atoms with van der Waals surface area (Å²) in [5.41, 5.74) is -1.22. The molecule has 0 fully saturated rings. The predicted molar refractivity (Wildman–Crippen MR) is 47.9 cm³/mol. The summed E-state index contributed by atoms with van der Waals surface area (Å²) < 4.78 is 0. The van der Waals surface area contributed by atoms with Crippen molar-refractivity contribution >= 4 is 11.9 Å². The lowest BCUT2D eigenvalue weighted by atomic mass is 10.0. The van der Waals surface area contributed by atoms with Gasteiger partial charge in [0.25, 0.3) is 5.91 Å². The van der Waals surface area contributed by atoms with Gasteiger partial charge in [0.05, 0.1) is 0 Å². The molecule has 1 amide bonds. The summed E-state index contributed by atoms with van der Waals surface area (Å²) in [5, 5.41) is 8.79. The molecule has 0 aromatic heterocycles. The Morgan fingerprint density at radius 2 is 1.85 bits per heavy atom. The molecule has 1 N–H and O–H groups in total. The lowest BCUT2D eigenvalue weighted by molar-refractivity contribution is -0.153. The van der Waals surface area contributed by atoms with E-state index in [1.54, 1.807) is 0 Å². The van der Waals surface area contributed by atoms with Gasteiger partial charge in [0.15, 0.2) is 0 Å². The SMILES string of the molecule is CC#CC(=O)N(C)C(C)(C)C(=O)O. The highest BCUT2D eigenvalue weighted by Crippen LogP contribution is 2.11. The number of hydrogen-bond acceptors (Lipinski definition) is 2. The molecular weight excluding hydrogens is 170 g/mol. The van der Waals surface area contributed by atoms with E-state index < -0.39 is 17.4 Å². The minimum atomic E-state index is -1.22. The molecule has 4 nitrogen and oxygen atoms in total. The Morgan fingerprint density at radius 1 is 1.38 bits per heavy atom. The first-order chi connectivity index (χ1) is 5.84. The van der Waals surface area contributed by atoms with E-state index >= 15 is 0 Å². The average molecular weight is 183 g/mol. The maximum Gasteiger partial charge on any atom is 0.329 e. The van der Waals surface area contributed by atoms with E-state index in [0.29, 0.717) is 0 Å². The van der Waals surface area contributed by atoms with Crippen LogP contribution in [0.4, 0.5) is 0 Å². The second-order valence-corrected chi connectivity index (χ2v) is 3.10. The number of carbonyl (C=O) groups excluding carboxylic acids is 1. The van der Waals surface area contributed by atoms with Crippen LogP contribution in [0.5, 0.6) is 0 Å². The molecule has 0 unspecified atom stereocenters. The van der Waals surface area contributed by atoms with E-state index in [-0.39, 0.29) is 0 Å². The third-order valence-electron chi connectivity index (χ3n) is 1.90. The quantitative estimate of drug-likeness (QED) is 0.628. The molecule has 0 spiro atoms. The highest BCUT2D eigenvalue weighted by Gasteiger charge is 2.34. The van der Waals surface area contributed by atoms with Crippen LogP contribution in [-0.4, -0.2) is 34.5 Å². The number of aliphatic carboxylic acids is 1. The lowest BCUT2D eigenvalue weighted by Gasteiger charge is -2.29. The molecule has 0 saturated heterocycles. The normalized spacial score (nSPS) is 9.85. The van der Waals surface area contributed by atoms with Crippen LogP contribution in [-0.2, 0) is 9.59 Å². The predicted octanol–water partition coefficient (Wildman–Crippen LogP) is 0.331. The molecule has 0 rings (SSSR count). The first-order valence-electron chi connectivity index (χ1n) is 3.78. The molecular formula is C9H13NO3. The van der Waals surface area contributed by atoms with E-state index in [9.17, 15) is 9.59 Å². The smallest absolute Gasteiger partial charge is 0.329 e. The van der Waals surface area contributed by atoms with Crippen molar-refractivity contribution in [2.24, 2.45) is 0 Å². The van der Waals surface area contributed by atoms with Gasteiger partial charge in [0.2, 0.25) is 0 Å². The van der Waals surface area contributed by atoms with Crippen molar-refractivity contribution in [3.8, 4) is 11.8 Å². The number of carboxylic acid groups (broad SMARTS) is 1. The number of carbonyl (C=O) groups is 2. The molecule has 0 aromatic carbocycles. The molecule has 0 aliphatic rings. The van der Waals surface area contributed by atoms with Gasteiger partial charge in [-0.25, -0.2) is 4.79 Å². The zero-order valence-corrected chi connectivity index (χ0v) is 8.21. The van der Waals surface area contributed by atoms with Crippen molar-refractivity contribution in [2.75, 3.05) is 7.05 Å². The Labute approximate surface area is 77.5 Å². The van der Waals surface area contributed by atoms with E-state index in [1.807, 2.05) is 0 Å². The second-order valence-electron chi connectivity index (χ2n) is 3.10. The van der Waals surface area contributed by atoms with Crippen LogP contribution < -0.4 is 0 Å². The summed E-state index contributed by atoms with van der Waals surface area (Å²) in [6.45, 7) is 4.43. The summed E-state index contributed by atoms with van der Waals surface area (Å²) in [6, 6.07) is 0. The van der Waals surface area contributed by atoms with Crippen molar-refractivity contribution in [1.29, 1.82) is 0 Å². The highest BCUT2D eigenvalue weighted by molar-refractivity contribution is 5.96. The standard InChI is InChI=1S/C9H13NO3/c1-5-6-7(11)10(4)9(2,3)8(12)13/h1-4H3,(H,12,13). The fraction of sp³-hybridized carbons (Fsp3) is 0.556. The number of hydrogen-bond donors (Lipinski definition) is 1. The second kappa shape index (κ2) is 3.94. The third kappa shape index (κ3) is 2.48. The Bertz CT molecular complexity index is 283. The van der Waals surface area contributed by atoms with Gasteiger partial charge >= 0.3 is 5.97 Å². The van der Waals surface area contributed by atoms with Crippen LogP contribution in [0.3, 0.4) is 0 Å². The lowest BCUT2D eigenvalue weighted by Crippen LogP contribution is -2.50. The molecule has 72 valence electrons. The van der Waals surface area contributed by atoms with Crippen molar-refractivity contribution in [1.82, 2.24) is 4.90 Å². The fourth-order valence-electron chi connectivity index (χ4n) is 0.588. The number of likely N-dealkylation sites (N-methyl/N-ethyl adjacent to an activating group) is 1. The largest absolute Gasteiger partial charge is 0.480 e. The molecule has 0 aliphatic heterocycles. The average Bonchev–Trinajstić information content (AvgIpc) is 2.03. The first-order valence-corrected chi connectivity index (χ1v) is 3.78. The van der Waals surface area contributed by atoms with Crippen LogP contribution in [0.15, 0.2) is 0 Å². The van der Waals surface area contributed by atoms with Crippen LogP contribution >= 0.6 is 0 Å². The number of amides is 1. The highest BCUT2D eigenvalue weighted by atomic mass is 16.4. The molecule has 0 aromatic rings. The summed E-state index contributed by atoms with van der Waals surface area (Å²) >= 11 is 0. The summed E-state index contributed by atoms with van der Waals surface area (Å²) in [7, 11) is 1.42. The zero-order valence-electron chi connectivity index (χ0n) is 8.21. The summed E-state index contributed by atoms with van der Waals surface area (Å²) in [4.78, 5) is 23.0. The van der Waals surface area contributed by atoms with E-state index in [0.717, 1.165) is 4.90 Å². The van der Waals surface area contributed by atoms with E-state index in [4.69, 9.17) is 5.11 Å². The van der Waals surface area contributed by atoms with Crippen LogP contribution in [0.25, 0.3) is 0 Å².